The number of hydrogen-bond acceptors (Lipinski definition) is 3. The smallest absolute Gasteiger partial charge is 0.340 e. The number of fused-ring (bicyclic) bond motifs is 1. The van der Waals surface area contributed by atoms with E-state index in [1.165, 1.54) is 17.0 Å². The van der Waals surface area contributed by atoms with Gasteiger partial charge in [-0.15, -0.1) is 0 Å². The Hall–Kier alpha value is -2.90. The van der Waals surface area contributed by atoms with E-state index in [4.69, 9.17) is 0 Å². The fourth-order valence-corrected chi connectivity index (χ4v) is 2.34. The summed E-state index contributed by atoms with van der Waals surface area (Å²) in [6, 6.07) is 9.36. The molecule has 3 aromatic rings. The molecule has 0 aliphatic heterocycles. The lowest BCUT2D eigenvalue weighted by Crippen LogP contribution is -2.46. The molecule has 1 aromatic carbocycles. The van der Waals surface area contributed by atoms with E-state index in [0.717, 1.165) is 0 Å². The van der Waals surface area contributed by atoms with E-state index in [-0.39, 0.29) is 12.0 Å². The van der Waals surface area contributed by atoms with E-state index in [1.807, 2.05) is 0 Å². The van der Waals surface area contributed by atoms with Crippen molar-refractivity contribution in [1.82, 2.24) is 20.1 Å². The van der Waals surface area contributed by atoms with Crippen LogP contribution in [0.25, 0.3) is 5.52 Å². The zero-order chi connectivity index (χ0) is 17.2. The second-order valence-electron chi connectivity index (χ2n) is 5.21. The number of benzene rings is 1. The maximum atomic E-state index is 13.3. The summed E-state index contributed by atoms with van der Waals surface area (Å²) in [5.74, 6) is -0.837. The standard InChI is InChI=1S/C16H13F3N4O/c17-16(18,19)14(9-11-5-2-1-3-6-11)22-15(24)12-10-21-23-13(12)7-4-8-20-23/h1-8,10,14H,9H2,(H,22,24). The summed E-state index contributed by atoms with van der Waals surface area (Å²) in [6.07, 6.45) is -2.23. The minimum Gasteiger partial charge on any atom is -0.340 e. The van der Waals surface area contributed by atoms with Crippen molar-refractivity contribution in [1.29, 1.82) is 0 Å². The Labute approximate surface area is 135 Å². The number of halogens is 3. The SMILES string of the molecule is O=C(NC(Cc1ccccc1)C(F)(F)F)c1cnn2ncccc12. The van der Waals surface area contributed by atoms with Gasteiger partial charge in [0.2, 0.25) is 0 Å². The topological polar surface area (TPSA) is 59.3 Å². The minimum atomic E-state index is -4.56. The first-order valence-electron chi connectivity index (χ1n) is 7.15. The normalized spacial score (nSPS) is 13.0. The molecule has 1 atom stereocenters. The molecule has 1 unspecified atom stereocenters. The minimum absolute atomic E-state index is 0.0467. The van der Waals surface area contributed by atoms with Crippen LogP contribution in [0.5, 0.6) is 0 Å². The predicted molar refractivity (Wildman–Crippen MR) is 80.4 cm³/mol. The second-order valence-corrected chi connectivity index (χ2v) is 5.21. The van der Waals surface area contributed by atoms with Crippen molar-refractivity contribution in [3.05, 3.63) is 66.0 Å². The molecule has 0 radical (unpaired) electrons. The van der Waals surface area contributed by atoms with Crippen LogP contribution in [0.4, 0.5) is 13.2 Å². The van der Waals surface area contributed by atoms with E-state index >= 15 is 0 Å². The molecule has 0 aliphatic carbocycles. The number of rotatable bonds is 4. The largest absolute Gasteiger partial charge is 0.408 e. The first-order chi connectivity index (χ1) is 11.4. The number of aromatic nitrogens is 3. The number of carbonyl (C=O) groups excluding carboxylic acids is 1. The number of hydrogen-bond donors (Lipinski definition) is 1. The Morgan fingerprint density at radius 1 is 1.12 bits per heavy atom. The van der Waals surface area contributed by atoms with Crippen LogP contribution in [0.1, 0.15) is 15.9 Å². The molecule has 0 aliphatic rings. The first kappa shape index (κ1) is 16.0. The Morgan fingerprint density at radius 3 is 2.58 bits per heavy atom. The van der Waals surface area contributed by atoms with Gasteiger partial charge in [-0.2, -0.15) is 28.0 Å². The Balaban J connectivity index is 1.83. The van der Waals surface area contributed by atoms with Gasteiger partial charge in [0, 0.05) is 12.6 Å². The fourth-order valence-electron chi connectivity index (χ4n) is 2.34. The molecule has 8 heteroatoms. The second kappa shape index (κ2) is 6.31. The summed E-state index contributed by atoms with van der Waals surface area (Å²) in [5.41, 5.74) is 0.878. The Bertz CT molecular complexity index is 845. The lowest BCUT2D eigenvalue weighted by molar-refractivity contribution is -0.153. The molecule has 2 heterocycles. The van der Waals surface area contributed by atoms with Crippen molar-refractivity contribution in [2.24, 2.45) is 0 Å². The van der Waals surface area contributed by atoms with Gasteiger partial charge in [0.15, 0.2) is 0 Å². The van der Waals surface area contributed by atoms with E-state index in [2.05, 4.69) is 15.5 Å². The van der Waals surface area contributed by atoms with E-state index < -0.39 is 18.1 Å². The number of nitrogens with one attached hydrogen (secondary N) is 1. The molecule has 2 aromatic heterocycles. The summed E-state index contributed by atoms with van der Waals surface area (Å²) in [4.78, 5) is 12.3. The zero-order valence-corrected chi connectivity index (χ0v) is 12.4. The van der Waals surface area contributed by atoms with Crippen LogP contribution in [0, 0.1) is 0 Å². The molecular formula is C16H13F3N4O. The number of carbonyl (C=O) groups is 1. The third-order valence-electron chi connectivity index (χ3n) is 3.53. The quantitative estimate of drug-likeness (QED) is 0.798. The van der Waals surface area contributed by atoms with E-state index in [1.54, 1.807) is 42.5 Å². The van der Waals surface area contributed by atoms with Gasteiger partial charge in [0.25, 0.3) is 5.91 Å². The molecule has 0 saturated carbocycles. The summed E-state index contributed by atoms with van der Waals surface area (Å²) < 4.78 is 41.0. The van der Waals surface area contributed by atoms with Crippen LogP contribution >= 0.6 is 0 Å². The van der Waals surface area contributed by atoms with Gasteiger partial charge < -0.3 is 5.32 Å². The van der Waals surface area contributed by atoms with Crippen molar-refractivity contribution in [2.75, 3.05) is 0 Å². The number of nitrogens with zero attached hydrogens (tertiary/aromatic N) is 3. The van der Waals surface area contributed by atoms with E-state index in [9.17, 15) is 18.0 Å². The van der Waals surface area contributed by atoms with Crippen molar-refractivity contribution in [2.45, 2.75) is 18.6 Å². The van der Waals surface area contributed by atoms with Crippen molar-refractivity contribution in [3.63, 3.8) is 0 Å². The highest BCUT2D eigenvalue weighted by Gasteiger charge is 2.41. The molecule has 5 nitrogen and oxygen atoms in total. The highest BCUT2D eigenvalue weighted by atomic mass is 19.4. The highest BCUT2D eigenvalue weighted by molar-refractivity contribution is 6.00. The summed E-state index contributed by atoms with van der Waals surface area (Å²) >= 11 is 0. The molecule has 3 rings (SSSR count). The van der Waals surface area contributed by atoms with Crippen LogP contribution in [0.15, 0.2) is 54.9 Å². The number of alkyl halides is 3. The van der Waals surface area contributed by atoms with E-state index in [0.29, 0.717) is 11.1 Å². The average molecular weight is 334 g/mol. The fraction of sp³-hybridized carbons (Fsp3) is 0.188. The molecule has 24 heavy (non-hydrogen) atoms. The summed E-state index contributed by atoms with van der Waals surface area (Å²) in [5, 5.41) is 9.79. The number of amides is 1. The van der Waals surface area contributed by atoms with Crippen molar-refractivity contribution >= 4 is 11.4 Å². The maximum absolute atomic E-state index is 13.3. The average Bonchev–Trinajstić information content (AvgIpc) is 2.98. The first-order valence-corrected chi connectivity index (χ1v) is 7.15. The summed E-state index contributed by atoms with van der Waals surface area (Å²) in [7, 11) is 0. The molecule has 0 bridgehead atoms. The van der Waals surface area contributed by atoms with Crippen molar-refractivity contribution in [3.8, 4) is 0 Å². The van der Waals surface area contributed by atoms with Gasteiger partial charge >= 0.3 is 6.18 Å². The van der Waals surface area contributed by atoms with Gasteiger partial charge in [-0.25, -0.2) is 0 Å². The van der Waals surface area contributed by atoms with Gasteiger partial charge in [-0.3, -0.25) is 4.79 Å². The molecule has 0 saturated heterocycles. The van der Waals surface area contributed by atoms with Crippen LogP contribution in [-0.4, -0.2) is 33.0 Å². The molecule has 124 valence electrons. The van der Waals surface area contributed by atoms with Crippen LogP contribution in [-0.2, 0) is 6.42 Å². The maximum Gasteiger partial charge on any atom is 0.408 e. The molecular weight excluding hydrogens is 321 g/mol. The molecule has 1 amide bonds. The monoisotopic (exact) mass is 334 g/mol. The zero-order valence-electron chi connectivity index (χ0n) is 12.4. The molecule has 1 N–H and O–H groups in total. The lowest BCUT2D eigenvalue weighted by Gasteiger charge is -2.21. The Kier molecular flexibility index (Phi) is 4.20. The van der Waals surface area contributed by atoms with Crippen LogP contribution in [0.2, 0.25) is 0 Å². The highest BCUT2D eigenvalue weighted by Crippen LogP contribution is 2.24. The Morgan fingerprint density at radius 2 is 1.88 bits per heavy atom. The van der Waals surface area contributed by atoms with Gasteiger partial charge in [0.1, 0.15) is 11.6 Å². The lowest BCUT2D eigenvalue weighted by atomic mass is 10.1. The predicted octanol–water partition coefficient (Wildman–Crippen LogP) is 2.63. The van der Waals surface area contributed by atoms with Gasteiger partial charge in [-0.05, 0) is 17.7 Å². The summed E-state index contributed by atoms with van der Waals surface area (Å²) in [6.45, 7) is 0. The van der Waals surface area contributed by atoms with Gasteiger partial charge in [-0.1, -0.05) is 30.3 Å². The van der Waals surface area contributed by atoms with Gasteiger partial charge in [0.05, 0.1) is 11.8 Å². The van der Waals surface area contributed by atoms with Crippen LogP contribution < -0.4 is 5.32 Å². The van der Waals surface area contributed by atoms with Crippen LogP contribution in [0.3, 0.4) is 0 Å². The molecule has 0 spiro atoms. The molecule has 0 fully saturated rings. The third kappa shape index (κ3) is 3.37. The third-order valence-corrected chi connectivity index (χ3v) is 3.53. The van der Waals surface area contributed by atoms with Crippen molar-refractivity contribution < 1.29 is 18.0 Å².